The zero-order valence-electron chi connectivity index (χ0n) is 21.6. The first kappa shape index (κ1) is 27.1. The molecule has 3 heterocycles. The molecule has 0 aliphatic carbocycles. The molecule has 0 radical (unpaired) electrons. The summed E-state index contributed by atoms with van der Waals surface area (Å²) in [7, 11) is 1.47. The van der Waals surface area contributed by atoms with Gasteiger partial charge in [0.05, 0.1) is 28.5 Å². The largest absolute Gasteiger partial charge is 0.375 e. The van der Waals surface area contributed by atoms with Crippen LogP contribution in [0.2, 0.25) is 10.0 Å². The first-order chi connectivity index (χ1) is 18.8. The number of methoxy groups -OCH3 is 1. The smallest absolute Gasteiger partial charge is 0.250 e. The molecule has 200 valence electrons. The van der Waals surface area contributed by atoms with E-state index in [2.05, 4.69) is 45.0 Å². The van der Waals surface area contributed by atoms with Gasteiger partial charge >= 0.3 is 0 Å². The van der Waals surface area contributed by atoms with Gasteiger partial charge in [-0.3, -0.25) is 9.78 Å². The van der Waals surface area contributed by atoms with Crippen LogP contribution >= 0.6 is 35.4 Å². The van der Waals surface area contributed by atoms with Gasteiger partial charge in [0, 0.05) is 41.1 Å². The monoisotopic (exact) mass is 579 g/mol. The van der Waals surface area contributed by atoms with Gasteiger partial charge in [0.15, 0.2) is 5.11 Å². The van der Waals surface area contributed by atoms with E-state index in [9.17, 15) is 4.79 Å². The van der Waals surface area contributed by atoms with Gasteiger partial charge in [0.1, 0.15) is 6.61 Å². The number of ether oxygens (including phenoxy) is 1. The van der Waals surface area contributed by atoms with Crippen LogP contribution in [0, 0.1) is 13.8 Å². The molecule has 4 aromatic rings. The molecule has 1 fully saturated rings. The highest BCUT2D eigenvalue weighted by Gasteiger charge is 2.42. The molecule has 2 atom stereocenters. The molecule has 10 heteroatoms. The standard InChI is InChI=1S/C29H27Cl2N5O2S/c1-17-14-22(18(2)35(17)20-9-7-19(30)8-10-20)28-27(25-6-4-5-13-32-25)34-29(39)36(28)21-11-12-24(23(31)15-21)33-26(37)16-38-3/h4-15,27-28H,16H2,1-3H3,(H,33,37)(H,34,39). The fourth-order valence-corrected chi connectivity index (χ4v) is 5.79. The lowest BCUT2D eigenvalue weighted by molar-refractivity contribution is -0.119. The summed E-state index contributed by atoms with van der Waals surface area (Å²) in [5, 5.41) is 7.90. The summed E-state index contributed by atoms with van der Waals surface area (Å²) in [6.07, 6.45) is 1.78. The van der Waals surface area contributed by atoms with E-state index < -0.39 is 0 Å². The van der Waals surface area contributed by atoms with Crippen molar-refractivity contribution >= 4 is 57.8 Å². The summed E-state index contributed by atoms with van der Waals surface area (Å²) < 4.78 is 7.12. The highest BCUT2D eigenvalue weighted by Crippen LogP contribution is 2.44. The summed E-state index contributed by atoms with van der Waals surface area (Å²) in [5.74, 6) is -0.284. The average Bonchev–Trinajstić information content (AvgIpc) is 3.41. The molecule has 2 N–H and O–H groups in total. The molecule has 5 rings (SSSR count). The molecular weight excluding hydrogens is 553 g/mol. The number of amides is 1. The maximum absolute atomic E-state index is 12.0. The van der Waals surface area contributed by atoms with Crippen LogP contribution in [-0.4, -0.2) is 34.3 Å². The normalized spacial score (nSPS) is 16.8. The van der Waals surface area contributed by atoms with Crippen LogP contribution in [0.3, 0.4) is 0 Å². The fraction of sp³-hybridized carbons (Fsp3) is 0.207. The lowest BCUT2D eigenvalue weighted by Gasteiger charge is -2.28. The average molecular weight is 581 g/mol. The highest BCUT2D eigenvalue weighted by atomic mass is 35.5. The highest BCUT2D eigenvalue weighted by molar-refractivity contribution is 7.80. The third-order valence-electron chi connectivity index (χ3n) is 6.75. The summed E-state index contributed by atoms with van der Waals surface area (Å²) in [4.78, 5) is 18.8. The van der Waals surface area contributed by atoms with Crippen molar-refractivity contribution in [1.82, 2.24) is 14.9 Å². The predicted octanol–water partition coefficient (Wildman–Crippen LogP) is 6.56. The Kier molecular flexibility index (Phi) is 7.91. The van der Waals surface area contributed by atoms with Gasteiger partial charge in [0.25, 0.3) is 0 Å². The number of carbonyl (C=O) groups is 1. The minimum absolute atomic E-state index is 0.0602. The van der Waals surface area contributed by atoms with Crippen LogP contribution in [-0.2, 0) is 9.53 Å². The molecule has 1 amide bonds. The Hall–Kier alpha value is -3.43. The van der Waals surface area contributed by atoms with Crippen molar-refractivity contribution in [2.45, 2.75) is 25.9 Å². The number of nitrogens with one attached hydrogen (secondary N) is 2. The topological polar surface area (TPSA) is 71.4 Å². The second-order valence-electron chi connectivity index (χ2n) is 9.28. The quantitative estimate of drug-likeness (QED) is 0.242. The molecule has 1 aliphatic rings. The van der Waals surface area contributed by atoms with Gasteiger partial charge in [-0.05, 0) is 92.3 Å². The van der Waals surface area contributed by atoms with Crippen molar-refractivity contribution in [2.75, 3.05) is 23.9 Å². The van der Waals surface area contributed by atoms with Crippen LogP contribution in [0.15, 0.2) is 72.9 Å². The number of aromatic nitrogens is 2. The molecule has 0 saturated carbocycles. The van der Waals surface area contributed by atoms with E-state index in [4.69, 9.17) is 40.2 Å². The molecule has 1 aliphatic heterocycles. The number of thiocarbonyl (C=S) groups is 1. The lowest BCUT2D eigenvalue weighted by atomic mass is 9.96. The number of carbonyl (C=O) groups excluding carboxylic acids is 1. The Morgan fingerprint density at radius 2 is 1.82 bits per heavy atom. The summed E-state index contributed by atoms with van der Waals surface area (Å²) in [6.45, 7) is 4.13. The van der Waals surface area contributed by atoms with Crippen LogP contribution in [0.25, 0.3) is 5.69 Å². The van der Waals surface area contributed by atoms with Gasteiger partial charge < -0.3 is 24.8 Å². The van der Waals surface area contributed by atoms with Gasteiger partial charge in [-0.15, -0.1) is 0 Å². The van der Waals surface area contributed by atoms with Crippen molar-refractivity contribution in [1.29, 1.82) is 0 Å². The fourth-order valence-electron chi connectivity index (χ4n) is 5.10. The number of nitrogens with zero attached hydrogens (tertiary/aromatic N) is 3. The Labute approximate surface area is 242 Å². The maximum atomic E-state index is 12.0. The zero-order valence-corrected chi connectivity index (χ0v) is 23.9. The molecule has 2 aromatic heterocycles. The van der Waals surface area contributed by atoms with E-state index >= 15 is 0 Å². The summed E-state index contributed by atoms with van der Waals surface area (Å²) >= 11 is 18.7. The zero-order chi connectivity index (χ0) is 27.7. The first-order valence-corrected chi connectivity index (χ1v) is 13.5. The SMILES string of the molecule is COCC(=O)Nc1ccc(N2C(=S)NC(c3ccccn3)C2c2cc(C)n(-c3ccc(Cl)cc3)c2C)cc1Cl. The predicted molar refractivity (Wildman–Crippen MR) is 160 cm³/mol. The second-order valence-corrected chi connectivity index (χ2v) is 10.5. The summed E-state index contributed by atoms with van der Waals surface area (Å²) in [6, 6.07) is 20.9. The Bertz CT molecular complexity index is 1520. The molecule has 2 aromatic carbocycles. The maximum Gasteiger partial charge on any atom is 0.250 e. The van der Waals surface area contributed by atoms with Crippen molar-refractivity contribution in [3.8, 4) is 5.69 Å². The van der Waals surface area contributed by atoms with Crippen LogP contribution in [0.1, 0.15) is 34.7 Å². The third-order valence-corrected chi connectivity index (χ3v) is 7.63. The Morgan fingerprint density at radius 1 is 1.08 bits per heavy atom. The minimum atomic E-state index is -0.284. The van der Waals surface area contributed by atoms with Crippen molar-refractivity contribution in [2.24, 2.45) is 0 Å². The van der Waals surface area contributed by atoms with E-state index in [-0.39, 0.29) is 24.6 Å². The van der Waals surface area contributed by atoms with Gasteiger partial charge in [0.2, 0.25) is 5.91 Å². The van der Waals surface area contributed by atoms with Gasteiger partial charge in [-0.2, -0.15) is 0 Å². The number of rotatable bonds is 7. The van der Waals surface area contributed by atoms with E-state index in [0.717, 1.165) is 34.0 Å². The number of halogens is 2. The van der Waals surface area contributed by atoms with Crippen molar-refractivity contribution in [3.63, 3.8) is 0 Å². The van der Waals surface area contributed by atoms with Crippen LogP contribution in [0.5, 0.6) is 0 Å². The van der Waals surface area contributed by atoms with Crippen LogP contribution in [0.4, 0.5) is 11.4 Å². The third kappa shape index (κ3) is 5.38. The number of benzene rings is 2. The van der Waals surface area contributed by atoms with Crippen LogP contribution < -0.4 is 15.5 Å². The Morgan fingerprint density at radius 3 is 2.49 bits per heavy atom. The number of pyridine rings is 1. The molecular formula is C29H27Cl2N5O2S. The number of hydrogen-bond donors (Lipinski definition) is 2. The van der Waals surface area contributed by atoms with Crippen molar-refractivity contribution in [3.05, 3.63) is 106 Å². The van der Waals surface area contributed by atoms with E-state index in [1.54, 1.807) is 12.3 Å². The lowest BCUT2D eigenvalue weighted by Crippen LogP contribution is -2.29. The number of aryl methyl sites for hydroxylation is 1. The van der Waals surface area contributed by atoms with Gasteiger partial charge in [-0.25, -0.2) is 0 Å². The Balaban J connectivity index is 1.60. The van der Waals surface area contributed by atoms with E-state index in [1.807, 2.05) is 54.6 Å². The molecule has 1 saturated heterocycles. The number of anilines is 2. The molecule has 0 spiro atoms. The minimum Gasteiger partial charge on any atom is -0.375 e. The first-order valence-electron chi connectivity index (χ1n) is 12.3. The number of hydrogen-bond acceptors (Lipinski definition) is 4. The summed E-state index contributed by atoms with van der Waals surface area (Å²) in [5.41, 5.74) is 6.44. The van der Waals surface area contributed by atoms with Gasteiger partial charge in [-0.1, -0.05) is 29.3 Å². The van der Waals surface area contributed by atoms with E-state index in [1.165, 1.54) is 7.11 Å². The second kappa shape index (κ2) is 11.4. The molecule has 39 heavy (non-hydrogen) atoms. The molecule has 0 bridgehead atoms. The van der Waals surface area contributed by atoms with E-state index in [0.29, 0.717) is 20.8 Å². The molecule has 7 nitrogen and oxygen atoms in total. The molecule has 2 unspecified atom stereocenters. The van der Waals surface area contributed by atoms with Crippen molar-refractivity contribution < 1.29 is 9.53 Å².